The molecule has 2 N–H and O–H groups in total. The number of benzene rings is 2. The predicted molar refractivity (Wildman–Crippen MR) is 83.1 cm³/mol. The zero-order valence-electron chi connectivity index (χ0n) is 12.5. The maximum absolute atomic E-state index is 13.4. The van der Waals surface area contributed by atoms with Crippen molar-refractivity contribution in [3.05, 3.63) is 59.4 Å². The lowest BCUT2D eigenvalue weighted by molar-refractivity contribution is 0.0958. The van der Waals surface area contributed by atoms with E-state index in [1.807, 2.05) is 6.92 Å². The van der Waals surface area contributed by atoms with Crippen molar-refractivity contribution in [2.45, 2.75) is 13.0 Å². The molecule has 0 unspecified atom stereocenters. The number of anilines is 1. The minimum atomic E-state index is -0.551. The molecule has 0 bridgehead atoms. The van der Waals surface area contributed by atoms with Crippen molar-refractivity contribution in [2.75, 3.05) is 11.4 Å². The van der Waals surface area contributed by atoms with Crippen LogP contribution in [-0.4, -0.2) is 24.5 Å². The predicted octanol–water partition coefficient (Wildman–Crippen LogP) is 2.35. The van der Waals surface area contributed by atoms with Crippen LogP contribution in [0.5, 0.6) is 5.75 Å². The Bertz CT molecular complexity index is 774. The van der Waals surface area contributed by atoms with E-state index >= 15 is 0 Å². The number of hydrogen-bond acceptors (Lipinski definition) is 3. The molecular formula is C17H15FN2O3. The number of amides is 2. The summed E-state index contributed by atoms with van der Waals surface area (Å²) in [5.41, 5.74) is 6.46. The molecule has 1 aliphatic heterocycles. The largest absolute Gasteiger partial charge is 0.487 e. The lowest BCUT2D eigenvalue weighted by Crippen LogP contribution is -2.42. The number of halogens is 1. The Morgan fingerprint density at radius 1 is 1.17 bits per heavy atom. The Balaban J connectivity index is 1.95. The average Bonchev–Trinajstić information content (AvgIpc) is 2.53. The molecule has 118 valence electrons. The molecule has 0 radical (unpaired) electrons. The third-order valence-corrected chi connectivity index (χ3v) is 3.64. The molecule has 1 aliphatic rings. The quantitative estimate of drug-likeness (QED) is 0.925. The van der Waals surface area contributed by atoms with Crippen LogP contribution in [0.25, 0.3) is 0 Å². The molecule has 0 aromatic heterocycles. The molecule has 2 aromatic rings. The van der Waals surface area contributed by atoms with E-state index in [9.17, 15) is 14.0 Å². The number of rotatable bonds is 2. The van der Waals surface area contributed by atoms with Gasteiger partial charge in [0.05, 0.1) is 12.2 Å². The van der Waals surface area contributed by atoms with Gasteiger partial charge in [0, 0.05) is 17.2 Å². The monoisotopic (exact) mass is 314 g/mol. The van der Waals surface area contributed by atoms with Crippen molar-refractivity contribution in [3.63, 3.8) is 0 Å². The summed E-state index contributed by atoms with van der Waals surface area (Å²) < 4.78 is 19.0. The van der Waals surface area contributed by atoms with Crippen LogP contribution in [0.4, 0.5) is 10.1 Å². The molecule has 6 heteroatoms. The Morgan fingerprint density at radius 3 is 2.48 bits per heavy atom. The second kappa shape index (κ2) is 5.72. The van der Waals surface area contributed by atoms with Crippen LogP contribution in [0.3, 0.4) is 0 Å². The van der Waals surface area contributed by atoms with Gasteiger partial charge in [0.15, 0.2) is 0 Å². The van der Waals surface area contributed by atoms with Gasteiger partial charge in [-0.3, -0.25) is 9.59 Å². The number of hydrogen-bond donors (Lipinski definition) is 1. The van der Waals surface area contributed by atoms with E-state index in [1.165, 1.54) is 30.3 Å². The Morgan fingerprint density at radius 2 is 1.83 bits per heavy atom. The number of fused-ring (bicyclic) bond motifs is 1. The van der Waals surface area contributed by atoms with Gasteiger partial charge in [-0.25, -0.2) is 4.39 Å². The number of carbonyl (C=O) groups is 2. The van der Waals surface area contributed by atoms with Gasteiger partial charge in [-0.2, -0.15) is 0 Å². The van der Waals surface area contributed by atoms with Gasteiger partial charge in [-0.1, -0.05) is 0 Å². The minimum Gasteiger partial charge on any atom is -0.487 e. The van der Waals surface area contributed by atoms with E-state index < -0.39 is 11.7 Å². The average molecular weight is 314 g/mol. The van der Waals surface area contributed by atoms with Gasteiger partial charge in [-0.15, -0.1) is 0 Å². The van der Waals surface area contributed by atoms with Crippen LogP contribution in [0.2, 0.25) is 0 Å². The Hall–Kier alpha value is -2.89. The van der Waals surface area contributed by atoms with Crippen LogP contribution < -0.4 is 15.4 Å². The molecule has 2 amide bonds. The van der Waals surface area contributed by atoms with Crippen molar-refractivity contribution in [1.82, 2.24) is 0 Å². The molecule has 0 spiro atoms. The SMILES string of the molecule is C[C@H]1CN(C(=O)c2ccc(C(N)=O)cc2)c2ccc(F)cc2O1. The second-order valence-electron chi connectivity index (χ2n) is 5.40. The first-order valence-corrected chi connectivity index (χ1v) is 7.13. The lowest BCUT2D eigenvalue weighted by atomic mass is 10.1. The summed E-state index contributed by atoms with van der Waals surface area (Å²) in [5, 5.41) is 0. The number of primary amides is 1. The summed E-state index contributed by atoms with van der Waals surface area (Å²) in [6.45, 7) is 2.17. The Kier molecular flexibility index (Phi) is 3.73. The molecule has 5 nitrogen and oxygen atoms in total. The van der Waals surface area contributed by atoms with E-state index in [-0.39, 0.29) is 12.0 Å². The zero-order chi connectivity index (χ0) is 16.6. The summed E-state index contributed by atoms with van der Waals surface area (Å²) in [7, 11) is 0. The van der Waals surface area contributed by atoms with E-state index in [0.29, 0.717) is 29.1 Å². The second-order valence-corrected chi connectivity index (χ2v) is 5.40. The van der Waals surface area contributed by atoms with E-state index in [1.54, 1.807) is 17.0 Å². The summed E-state index contributed by atoms with van der Waals surface area (Å²) in [4.78, 5) is 25.4. The molecule has 1 heterocycles. The van der Waals surface area contributed by atoms with E-state index in [2.05, 4.69) is 0 Å². The van der Waals surface area contributed by atoms with Crippen molar-refractivity contribution in [2.24, 2.45) is 5.73 Å². The van der Waals surface area contributed by atoms with Gasteiger partial charge < -0.3 is 15.4 Å². The molecule has 2 aromatic carbocycles. The molecular weight excluding hydrogens is 299 g/mol. The number of nitrogens with two attached hydrogens (primary N) is 1. The van der Waals surface area contributed by atoms with Gasteiger partial charge in [-0.05, 0) is 43.3 Å². The van der Waals surface area contributed by atoms with Gasteiger partial charge in [0.1, 0.15) is 17.7 Å². The Labute approximate surface area is 132 Å². The van der Waals surface area contributed by atoms with Crippen LogP contribution >= 0.6 is 0 Å². The summed E-state index contributed by atoms with van der Waals surface area (Å²) in [6.07, 6.45) is -0.252. The lowest BCUT2D eigenvalue weighted by Gasteiger charge is -2.33. The molecule has 3 rings (SSSR count). The van der Waals surface area contributed by atoms with Gasteiger partial charge in [0.2, 0.25) is 5.91 Å². The van der Waals surface area contributed by atoms with Crippen molar-refractivity contribution in [3.8, 4) is 5.75 Å². The van der Waals surface area contributed by atoms with Crippen molar-refractivity contribution >= 4 is 17.5 Å². The highest BCUT2D eigenvalue weighted by Crippen LogP contribution is 2.34. The van der Waals surface area contributed by atoms with Crippen molar-refractivity contribution in [1.29, 1.82) is 0 Å². The zero-order valence-corrected chi connectivity index (χ0v) is 12.5. The standard InChI is InChI=1S/C17H15FN2O3/c1-10-9-20(14-7-6-13(18)8-15(14)23-10)17(22)12-4-2-11(3-5-12)16(19)21/h2-8,10H,9H2,1H3,(H2,19,21)/t10-/m0/s1. The summed E-state index contributed by atoms with van der Waals surface area (Å²) in [5.74, 6) is -0.879. The molecule has 0 fully saturated rings. The molecule has 23 heavy (non-hydrogen) atoms. The van der Waals surface area contributed by atoms with Crippen LogP contribution in [0, 0.1) is 5.82 Å². The molecule has 0 saturated heterocycles. The fraction of sp³-hybridized carbons (Fsp3) is 0.176. The highest BCUT2D eigenvalue weighted by atomic mass is 19.1. The fourth-order valence-electron chi connectivity index (χ4n) is 2.54. The first-order valence-electron chi connectivity index (χ1n) is 7.13. The normalized spacial score (nSPS) is 16.4. The highest BCUT2D eigenvalue weighted by molar-refractivity contribution is 6.07. The number of ether oxygens (including phenoxy) is 1. The van der Waals surface area contributed by atoms with E-state index in [4.69, 9.17) is 10.5 Å². The summed E-state index contributed by atoms with van der Waals surface area (Å²) >= 11 is 0. The topological polar surface area (TPSA) is 72.6 Å². The van der Waals surface area contributed by atoms with Crippen LogP contribution in [0.15, 0.2) is 42.5 Å². The molecule has 1 atom stereocenters. The van der Waals surface area contributed by atoms with Crippen LogP contribution in [-0.2, 0) is 0 Å². The van der Waals surface area contributed by atoms with Crippen LogP contribution in [0.1, 0.15) is 27.6 Å². The summed E-state index contributed by atoms with van der Waals surface area (Å²) in [6, 6.07) is 10.2. The minimum absolute atomic E-state index is 0.246. The number of nitrogens with zero attached hydrogens (tertiary/aromatic N) is 1. The van der Waals surface area contributed by atoms with Gasteiger partial charge in [0.25, 0.3) is 5.91 Å². The first-order chi connectivity index (χ1) is 11.0. The van der Waals surface area contributed by atoms with Crippen molar-refractivity contribution < 1.29 is 18.7 Å². The molecule has 0 saturated carbocycles. The third-order valence-electron chi connectivity index (χ3n) is 3.64. The smallest absolute Gasteiger partial charge is 0.258 e. The maximum Gasteiger partial charge on any atom is 0.258 e. The highest BCUT2D eigenvalue weighted by Gasteiger charge is 2.28. The third kappa shape index (κ3) is 2.88. The fourth-order valence-corrected chi connectivity index (χ4v) is 2.54. The first kappa shape index (κ1) is 15.0. The molecule has 0 aliphatic carbocycles. The van der Waals surface area contributed by atoms with E-state index in [0.717, 1.165) is 0 Å². The van der Waals surface area contributed by atoms with Gasteiger partial charge >= 0.3 is 0 Å². The maximum atomic E-state index is 13.4. The number of carbonyl (C=O) groups excluding carboxylic acids is 2.